The monoisotopic (exact) mass is 368 g/mol. The molecule has 0 saturated carbocycles. The van der Waals surface area contributed by atoms with Crippen LogP contribution in [0.15, 0.2) is 47.4 Å². The quantitative estimate of drug-likeness (QED) is 0.822. The minimum absolute atomic E-state index is 0.0310. The topological polar surface area (TPSA) is 58.2 Å². The van der Waals surface area contributed by atoms with Crippen molar-refractivity contribution in [3.05, 3.63) is 65.2 Å². The number of rotatable bonds is 6. The Morgan fingerprint density at radius 3 is 2.04 bits per heavy atom. The number of halogens is 2. The summed E-state index contributed by atoms with van der Waals surface area (Å²) in [7, 11) is -3.73. The second kappa shape index (κ2) is 7.59. The third-order valence-electron chi connectivity index (χ3n) is 3.51. The number of hydrogen-bond acceptors (Lipinski definition) is 3. The average molecular weight is 368 g/mol. The molecule has 7 heteroatoms. The van der Waals surface area contributed by atoms with E-state index in [4.69, 9.17) is 0 Å². The zero-order chi connectivity index (χ0) is 18.7. The predicted octanol–water partition coefficient (Wildman–Crippen LogP) is 3.33. The van der Waals surface area contributed by atoms with Crippen LogP contribution in [0.25, 0.3) is 0 Å². The lowest BCUT2D eigenvalue weighted by molar-refractivity contribution is 0.424. The fourth-order valence-electron chi connectivity index (χ4n) is 2.06. The SMILES string of the molecule is CC(C)(C)NCc1ccc(S(=O)(=O)NCc2ccc(F)c(F)c2)cc1. The highest BCUT2D eigenvalue weighted by molar-refractivity contribution is 7.89. The molecule has 0 aromatic heterocycles. The molecule has 25 heavy (non-hydrogen) atoms. The Balaban J connectivity index is 2.02. The highest BCUT2D eigenvalue weighted by Crippen LogP contribution is 2.13. The molecule has 2 aromatic rings. The highest BCUT2D eigenvalue weighted by atomic mass is 32.2. The van der Waals surface area contributed by atoms with E-state index in [1.165, 1.54) is 18.2 Å². The molecule has 0 unspecified atom stereocenters. The van der Waals surface area contributed by atoms with Gasteiger partial charge in [-0.15, -0.1) is 0 Å². The van der Waals surface area contributed by atoms with E-state index in [2.05, 4.69) is 10.0 Å². The van der Waals surface area contributed by atoms with Gasteiger partial charge in [-0.25, -0.2) is 21.9 Å². The van der Waals surface area contributed by atoms with Gasteiger partial charge in [0.05, 0.1) is 4.90 Å². The van der Waals surface area contributed by atoms with Crippen LogP contribution in [0.2, 0.25) is 0 Å². The Morgan fingerprint density at radius 2 is 1.48 bits per heavy atom. The molecule has 0 atom stereocenters. The van der Waals surface area contributed by atoms with Crippen LogP contribution in [-0.2, 0) is 23.1 Å². The lowest BCUT2D eigenvalue weighted by Gasteiger charge is -2.20. The van der Waals surface area contributed by atoms with Crippen LogP contribution in [0.5, 0.6) is 0 Å². The van der Waals surface area contributed by atoms with Crippen LogP contribution < -0.4 is 10.0 Å². The Bertz CT molecular complexity index is 829. The van der Waals surface area contributed by atoms with Crippen molar-refractivity contribution in [2.45, 2.75) is 44.3 Å². The molecular weight excluding hydrogens is 346 g/mol. The molecule has 2 aromatic carbocycles. The summed E-state index contributed by atoms with van der Waals surface area (Å²) >= 11 is 0. The first-order chi connectivity index (χ1) is 11.6. The average Bonchev–Trinajstić information content (AvgIpc) is 2.54. The molecular formula is C18H22F2N2O2S. The van der Waals surface area contributed by atoms with Gasteiger partial charge in [-0.05, 0) is 56.2 Å². The molecule has 0 amide bonds. The number of hydrogen-bond donors (Lipinski definition) is 2. The largest absolute Gasteiger partial charge is 0.308 e. The van der Waals surface area contributed by atoms with Crippen molar-refractivity contribution in [2.24, 2.45) is 0 Å². The smallest absolute Gasteiger partial charge is 0.240 e. The number of nitrogens with one attached hydrogen (secondary N) is 2. The van der Waals surface area contributed by atoms with Crippen molar-refractivity contribution in [1.82, 2.24) is 10.0 Å². The zero-order valence-electron chi connectivity index (χ0n) is 14.4. The number of benzene rings is 2. The van der Waals surface area contributed by atoms with Gasteiger partial charge < -0.3 is 5.32 Å². The number of sulfonamides is 1. The predicted molar refractivity (Wildman–Crippen MR) is 93.4 cm³/mol. The molecule has 0 heterocycles. The molecule has 0 bridgehead atoms. The zero-order valence-corrected chi connectivity index (χ0v) is 15.3. The molecule has 0 aliphatic carbocycles. The third-order valence-corrected chi connectivity index (χ3v) is 4.92. The van der Waals surface area contributed by atoms with Gasteiger partial charge in [0, 0.05) is 18.6 Å². The molecule has 4 nitrogen and oxygen atoms in total. The van der Waals surface area contributed by atoms with Gasteiger partial charge in [0.25, 0.3) is 0 Å². The van der Waals surface area contributed by atoms with E-state index in [1.54, 1.807) is 12.1 Å². The van der Waals surface area contributed by atoms with Crippen molar-refractivity contribution >= 4 is 10.0 Å². The van der Waals surface area contributed by atoms with Gasteiger partial charge in [0.1, 0.15) is 0 Å². The summed E-state index contributed by atoms with van der Waals surface area (Å²) in [6.07, 6.45) is 0. The van der Waals surface area contributed by atoms with E-state index in [1.807, 2.05) is 20.8 Å². The highest BCUT2D eigenvalue weighted by Gasteiger charge is 2.15. The maximum atomic E-state index is 13.2. The van der Waals surface area contributed by atoms with E-state index in [0.717, 1.165) is 17.7 Å². The Kier molecular flexibility index (Phi) is 5.92. The molecule has 0 saturated heterocycles. The molecule has 2 N–H and O–H groups in total. The Labute approximate surface area is 147 Å². The van der Waals surface area contributed by atoms with Gasteiger partial charge in [-0.2, -0.15) is 0 Å². The third kappa shape index (κ3) is 5.88. The first-order valence-corrected chi connectivity index (χ1v) is 9.33. The Morgan fingerprint density at radius 1 is 0.880 bits per heavy atom. The molecule has 0 aliphatic rings. The van der Waals surface area contributed by atoms with Crippen LogP contribution in [0, 0.1) is 11.6 Å². The fourth-order valence-corrected chi connectivity index (χ4v) is 3.08. The Hall–Kier alpha value is -1.83. The molecule has 0 spiro atoms. The van der Waals surface area contributed by atoms with E-state index in [0.29, 0.717) is 12.1 Å². The maximum Gasteiger partial charge on any atom is 0.240 e. The summed E-state index contributed by atoms with van der Waals surface area (Å²) < 4.78 is 53.0. The maximum absolute atomic E-state index is 13.2. The summed E-state index contributed by atoms with van der Waals surface area (Å²) in [6, 6.07) is 9.80. The molecule has 0 radical (unpaired) electrons. The van der Waals surface area contributed by atoms with Gasteiger partial charge in [-0.3, -0.25) is 0 Å². The van der Waals surface area contributed by atoms with E-state index in [-0.39, 0.29) is 17.0 Å². The van der Waals surface area contributed by atoms with E-state index in [9.17, 15) is 17.2 Å². The molecule has 136 valence electrons. The molecule has 2 rings (SSSR count). The van der Waals surface area contributed by atoms with E-state index < -0.39 is 21.7 Å². The van der Waals surface area contributed by atoms with E-state index >= 15 is 0 Å². The van der Waals surface area contributed by atoms with Crippen LogP contribution in [0.1, 0.15) is 31.9 Å². The first-order valence-electron chi connectivity index (χ1n) is 7.84. The van der Waals surface area contributed by atoms with Crippen LogP contribution >= 0.6 is 0 Å². The normalized spacial score (nSPS) is 12.4. The minimum Gasteiger partial charge on any atom is -0.308 e. The van der Waals surface area contributed by atoms with Crippen molar-refractivity contribution in [2.75, 3.05) is 0 Å². The summed E-state index contributed by atoms with van der Waals surface area (Å²) in [5, 5.41) is 3.32. The van der Waals surface area contributed by atoms with Crippen LogP contribution in [-0.4, -0.2) is 14.0 Å². The van der Waals surface area contributed by atoms with Crippen molar-refractivity contribution in [3.8, 4) is 0 Å². The van der Waals surface area contributed by atoms with Gasteiger partial charge in [0.15, 0.2) is 11.6 Å². The fraction of sp³-hybridized carbons (Fsp3) is 0.333. The molecule has 0 fully saturated rings. The standard InChI is InChI=1S/C18H22F2N2O2S/c1-18(2,3)21-11-13-4-7-15(8-5-13)25(23,24)22-12-14-6-9-16(19)17(20)10-14/h4-10,21-22H,11-12H2,1-3H3. The van der Waals surface area contributed by atoms with Crippen molar-refractivity contribution in [1.29, 1.82) is 0 Å². The van der Waals surface area contributed by atoms with Gasteiger partial charge in [-0.1, -0.05) is 18.2 Å². The lowest BCUT2D eigenvalue weighted by Crippen LogP contribution is -2.35. The minimum atomic E-state index is -3.73. The van der Waals surface area contributed by atoms with Crippen molar-refractivity contribution in [3.63, 3.8) is 0 Å². The van der Waals surface area contributed by atoms with Crippen LogP contribution in [0.4, 0.5) is 8.78 Å². The van der Waals surface area contributed by atoms with Crippen LogP contribution in [0.3, 0.4) is 0 Å². The summed E-state index contributed by atoms with van der Waals surface area (Å²) in [6.45, 7) is 6.66. The van der Waals surface area contributed by atoms with Gasteiger partial charge >= 0.3 is 0 Å². The summed E-state index contributed by atoms with van der Waals surface area (Å²) in [5.74, 6) is -1.97. The van der Waals surface area contributed by atoms with Crippen molar-refractivity contribution < 1.29 is 17.2 Å². The molecule has 0 aliphatic heterocycles. The second-order valence-corrected chi connectivity index (χ2v) is 8.59. The summed E-state index contributed by atoms with van der Waals surface area (Å²) in [4.78, 5) is 0.120. The first kappa shape index (κ1) is 19.5. The second-order valence-electron chi connectivity index (χ2n) is 6.82. The van der Waals surface area contributed by atoms with Gasteiger partial charge in [0.2, 0.25) is 10.0 Å². The summed E-state index contributed by atoms with van der Waals surface area (Å²) in [5.41, 5.74) is 1.28. The lowest BCUT2D eigenvalue weighted by atomic mass is 10.1.